The molecule has 0 aliphatic carbocycles. The molecule has 140 valence electrons. The van der Waals surface area contributed by atoms with Gasteiger partial charge in [-0.25, -0.2) is 9.97 Å². The number of anilines is 3. The SMILES string of the molecule is CC1(C)CN(c2nc(N)ncc2Cl)c2cc(C(C)(O)c3ncco3)ccc21. The summed E-state index contributed by atoms with van der Waals surface area (Å²) in [5.74, 6) is 0.933. The van der Waals surface area contributed by atoms with Crippen molar-refractivity contribution >= 4 is 29.1 Å². The second-order valence-electron chi connectivity index (χ2n) is 7.51. The minimum Gasteiger partial charge on any atom is -0.446 e. The van der Waals surface area contributed by atoms with Crippen molar-refractivity contribution in [2.24, 2.45) is 0 Å². The number of benzene rings is 1. The standard InChI is InChI=1S/C19H20ClN5O2/c1-18(2)10-25(15-13(20)9-23-17(21)24-15)14-8-11(4-5-12(14)18)19(3,26)16-22-6-7-27-16/h4-9,26H,10H2,1-3H3,(H2,21,23,24). The second kappa shape index (κ2) is 5.94. The lowest BCUT2D eigenvalue weighted by molar-refractivity contribution is 0.0708. The number of hydrogen-bond donors (Lipinski definition) is 2. The molecule has 0 radical (unpaired) electrons. The van der Waals surface area contributed by atoms with Gasteiger partial charge in [-0.1, -0.05) is 37.6 Å². The molecule has 8 heteroatoms. The summed E-state index contributed by atoms with van der Waals surface area (Å²) in [5, 5.41) is 11.4. The minimum atomic E-state index is -1.37. The van der Waals surface area contributed by atoms with Crippen molar-refractivity contribution in [1.29, 1.82) is 0 Å². The van der Waals surface area contributed by atoms with Crippen LogP contribution in [0.25, 0.3) is 0 Å². The zero-order chi connectivity index (χ0) is 19.4. The van der Waals surface area contributed by atoms with Crippen molar-refractivity contribution in [2.75, 3.05) is 17.2 Å². The van der Waals surface area contributed by atoms with E-state index in [1.807, 2.05) is 23.1 Å². The summed E-state index contributed by atoms with van der Waals surface area (Å²) in [5.41, 5.74) is 6.97. The lowest BCUT2D eigenvalue weighted by Crippen LogP contribution is -2.26. The third kappa shape index (κ3) is 2.83. The van der Waals surface area contributed by atoms with Gasteiger partial charge < -0.3 is 20.2 Å². The Morgan fingerprint density at radius 1 is 1.33 bits per heavy atom. The van der Waals surface area contributed by atoms with Crippen molar-refractivity contribution in [3.05, 3.63) is 58.9 Å². The molecule has 3 aromatic rings. The summed E-state index contributed by atoms with van der Waals surface area (Å²) in [6.45, 7) is 6.62. The molecule has 2 aromatic heterocycles. The van der Waals surface area contributed by atoms with E-state index in [4.69, 9.17) is 21.8 Å². The normalized spacial score (nSPS) is 17.6. The van der Waals surface area contributed by atoms with Crippen LogP contribution in [0.1, 0.15) is 37.8 Å². The first kappa shape index (κ1) is 17.8. The van der Waals surface area contributed by atoms with Crippen LogP contribution in [0.5, 0.6) is 0 Å². The third-order valence-corrected chi connectivity index (χ3v) is 5.25. The van der Waals surface area contributed by atoms with E-state index in [1.54, 1.807) is 6.92 Å². The van der Waals surface area contributed by atoms with Gasteiger partial charge in [-0.3, -0.25) is 0 Å². The number of nitrogens with two attached hydrogens (primary N) is 1. The predicted octanol–water partition coefficient (Wildman–Crippen LogP) is 3.39. The topological polar surface area (TPSA) is 101 Å². The summed E-state index contributed by atoms with van der Waals surface area (Å²) < 4.78 is 5.33. The van der Waals surface area contributed by atoms with E-state index in [2.05, 4.69) is 28.8 Å². The number of fused-ring (bicyclic) bond motifs is 1. The maximum atomic E-state index is 11.0. The number of aromatic nitrogens is 3. The van der Waals surface area contributed by atoms with Crippen LogP contribution >= 0.6 is 11.6 Å². The first-order valence-corrected chi connectivity index (χ1v) is 8.91. The Morgan fingerprint density at radius 3 is 2.81 bits per heavy atom. The van der Waals surface area contributed by atoms with Crippen molar-refractivity contribution in [3.8, 4) is 0 Å². The third-order valence-electron chi connectivity index (χ3n) is 4.98. The maximum absolute atomic E-state index is 11.0. The molecule has 3 heterocycles. The Kier molecular flexibility index (Phi) is 3.90. The lowest BCUT2D eigenvalue weighted by Gasteiger charge is -2.24. The van der Waals surface area contributed by atoms with Gasteiger partial charge in [-0.05, 0) is 24.1 Å². The largest absolute Gasteiger partial charge is 0.446 e. The number of nitrogen functional groups attached to an aromatic ring is 1. The first-order chi connectivity index (χ1) is 12.7. The highest BCUT2D eigenvalue weighted by Crippen LogP contribution is 2.47. The Labute approximate surface area is 161 Å². The number of halogens is 1. The number of oxazole rings is 1. The molecule has 1 unspecified atom stereocenters. The van der Waals surface area contributed by atoms with E-state index < -0.39 is 5.60 Å². The van der Waals surface area contributed by atoms with Gasteiger partial charge in [0, 0.05) is 17.6 Å². The van der Waals surface area contributed by atoms with Gasteiger partial charge >= 0.3 is 0 Å². The summed E-state index contributed by atoms with van der Waals surface area (Å²) >= 11 is 6.35. The quantitative estimate of drug-likeness (QED) is 0.712. The van der Waals surface area contributed by atoms with E-state index in [9.17, 15) is 5.11 Å². The monoisotopic (exact) mass is 385 g/mol. The van der Waals surface area contributed by atoms with Gasteiger partial charge in [0.15, 0.2) is 11.4 Å². The van der Waals surface area contributed by atoms with Crippen LogP contribution in [0.4, 0.5) is 17.5 Å². The molecular weight excluding hydrogens is 366 g/mol. The van der Waals surface area contributed by atoms with Gasteiger partial charge in [0.2, 0.25) is 11.8 Å². The molecule has 0 bridgehead atoms. The van der Waals surface area contributed by atoms with Crippen LogP contribution in [0.15, 0.2) is 41.3 Å². The fraction of sp³-hybridized carbons (Fsp3) is 0.316. The maximum Gasteiger partial charge on any atom is 0.230 e. The minimum absolute atomic E-state index is 0.133. The molecule has 1 aromatic carbocycles. The highest BCUT2D eigenvalue weighted by atomic mass is 35.5. The van der Waals surface area contributed by atoms with Crippen LogP contribution in [-0.4, -0.2) is 26.6 Å². The van der Waals surface area contributed by atoms with Crippen molar-refractivity contribution in [3.63, 3.8) is 0 Å². The highest BCUT2D eigenvalue weighted by Gasteiger charge is 2.39. The van der Waals surface area contributed by atoms with Crippen LogP contribution in [-0.2, 0) is 11.0 Å². The molecule has 4 rings (SSSR count). The van der Waals surface area contributed by atoms with E-state index >= 15 is 0 Å². The molecule has 1 aliphatic heterocycles. The van der Waals surface area contributed by atoms with Crippen molar-refractivity contribution in [1.82, 2.24) is 15.0 Å². The Bertz CT molecular complexity index is 1000. The Hall–Kier alpha value is -2.64. The fourth-order valence-corrected chi connectivity index (χ4v) is 3.73. The Balaban J connectivity index is 1.86. The van der Waals surface area contributed by atoms with Crippen LogP contribution in [0.3, 0.4) is 0 Å². The molecule has 0 saturated carbocycles. The second-order valence-corrected chi connectivity index (χ2v) is 7.92. The van der Waals surface area contributed by atoms with E-state index in [0.29, 0.717) is 22.9 Å². The highest BCUT2D eigenvalue weighted by molar-refractivity contribution is 6.33. The molecule has 7 nitrogen and oxygen atoms in total. The molecule has 0 amide bonds. The van der Waals surface area contributed by atoms with Gasteiger partial charge in [-0.2, -0.15) is 4.98 Å². The van der Waals surface area contributed by atoms with Crippen molar-refractivity contribution < 1.29 is 9.52 Å². The van der Waals surface area contributed by atoms with Crippen LogP contribution in [0, 0.1) is 0 Å². The summed E-state index contributed by atoms with van der Waals surface area (Å²) in [7, 11) is 0. The van der Waals surface area contributed by atoms with Gasteiger partial charge in [0.05, 0.1) is 12.4 Å². The molecule has 1 aliphatic rings. The number of hydrogen-bond acceptors (Lipinski definition) is 7. The predicted molar refractivity (Wildman–Crippen MR) is 103 cm³/mol. The average Bonchev–Trinajstić information content (AvgIpc) is 3.24. The molecule has 3 N–H and O–H groups in total. The molecule has 0 fully saturated rings. The molecular formula is C19H20ClN5O2. The van der Waals surface area contributed by atoms with E-state index in [0.717, 1.165) is 11.3 Å². The number of nitrogens with zero attached hydrogens (tertiary/aromatic N) is 4. The molecule has 1 atom stereocenters. The fourth-order valence-electron chi connectivity index (χ4n) is 3.53. The van der Waals surface area contributed by atoms with Gasteiger partial charge in [0.1, 0.15) is 11.3 Å². The summed E-state index contributed by atoms with van der Waals surface area (Å²) in [6.07, 6.45) is 4.45. The molecule has 0 spiro atoms. The smallest absolute Gasteiger partial charge is 0.230 e. The molecule has 27 heavy (non-hydrogen) atoms. The first-order valence-electron chi connectivity index (χ1n) is 8.53. The van der Waals surface area contributed by atoms with Crippen LogP contribution in [0.2, 0.25) is 5.02 Å². The summed E-state index contributed by atoms with van der Waals surface area (Å²) in [4.78, 5) is 14.4. The molecule has 0 saturated heterocycles. The zero-order valence-electron chi connectivity index (χ0n) is 15.3. The average molecular weight is 386 g/mol. The van der Waals surface area contributed by atoms with Crippen LogP contribution < -0.4 is 10.6 Å². The van der Waals surface area contributed by atoms with Gasteiger partial charge in [-0.15, -0.1) is 0 Å². The van der Waals surface area contributed by atoms with E-state index in [-0.39, 0.29) is 17.3 Å². The Morgan fingerprint density at radius 2 is 2.11 bits per heavy atom. The zero-order valence-corrected chi connectivity index (χ0v) is 16.0. The lowest BCUT2D eigenvalue weighted by atomic mass is 9.85. The van der Waals surface area contributed by atoms with Gasteiger partial charge in [0.25, 0.3) is 0 Å². The van der Waals surface area contributed by atoms with Crippen molar-refractivity contribution in [2.45, 2.75) is 31.8 Å². The summed E-state index contributed by atoms with van der Waals surface area (Å²) in [6, 6.07) is 5.83. The van der Waals surface area contributed by atoms with E-state index in [1.165, 1.54) is 18.7 Å². The number of rotatable bonds is 3. The number of aliphatic hydroxyl groups is 1.